The molecule has 0 spiro atoms. The Bertz CT molecular complexity index is 232. The SMILES string of the molecule is CCC(CCN)N1CC(C(N)=O)CCC1C. The van der Waals surface area contributed by atoms with Crippen LogP contribution in [0.15, 0.2) is 0 Å². The van der Waals surface area contributed by atoms with Crippen LogP contribution in [0.2, 0.25) is 0 Å². The number of likely N-dealkylation sites (tertiary alicyclic amines) is 1. The van der Waals surface area contributed by atoms with Gasteiger partial charge in [-0.15, -0.1) is 0 Å². The lowest BCUT2D eigenvalue weighted by Gasteiger charge is -2.42. The molecule has 1 aliphatic heterocycles. The van der Waals surface area contributed by atoms with Crippen molar-refractivity contribution >= 4 is 5.91 Å². The molecule has 0 aromatic heterocycles. The number of carbonyl (C=O) groups excluding carboxylic acids is 1. The number of nitrogens with zero attached hydrogens (tertiary/aromatic N) is 1. The lowest BCUT2D eigenvalue weighted by molar-refractivity contribution is -0.124. The van der Waals surface area contributed by atoms with Gasteiger partial charge in [-0.1, -0.05) is 6.92 Å². The van der Waals surface area contributed by atoms with Crippen LogP contribution in [-0.4, -0.2) is 36.0 Å². The van der Waals surface area contributed by atoms with Crippen LogP contribution in [-0.2, 0) is 4.79 Å². The minimum absolute atomic E-state index is 0.0306. The third-order valence-electron chi connectivity index (χ3n) is 3.77. The summed E-state index contributed by atoms with van der Waals surface area (Å²) in [7, 11) is 0. The molecule has 1 amide bonds. The normalized spacial score (nSPS) is 28.9. The van der Waals surface area contributed by atoms with Gasteiger partial charge in [-0.3, -0.25) is 9.69 Å². The highest BCUT2D eigenvalue weighted by molar-refractivity contribution is 5.77. The number of hydrogen-bond acceptors (Lipinski definition) is 3. The lowest BCUT2D eigenvalue weighted by atomic mass is 9.90. The Morgan fingerprint density at radius 3 is 2.69 bits per heavy atom. The molecule has 94 valence electrons. The van der Waals surface area contributed by atoms with Crippen molar-refractivity contribution in [3.05, 3.63) is 0 Å². The largest absolute Gasteiger partial charge is 0.369 e. The summed E-state index contributed by atoms with van der Waals surface area (Å²) in [6.45, 7) is 5.94. The first-order valence-corrected chi connectivity index (χ1v) is 6.35. The summed E-state index contributed by atoms with van der Waals surface area (Å²) in [5.41, 5.74) is 11.0. The Labute approximate surface area is 98.3 Å². The average molecular weight is 227 g/mol. The number of nitrogens with two attached hydrogens (primary N) is 2. The van der Waals surface area contributed by atoms with E-state index in [1.54, 1.807) is 0 Å². The molecule has 4 heteroatoms. The van der Waals surface area contributed by atoms with Gasteiger partial charge in [0.25, 0.3) is 0 Å². The molecule has 16 heavy (non-hydrogen) atoms. The number of hydrogen-bond donors (Lipinski definition) is 2. The maximum absolute atomic E-state index is 11.2. The van der Waals surface area contributed by atoms with E-state index in [2.05, 4.69) is 18.7 Å². The number of primary amides is 1. The Morgan fingerprint density at radius 1 is 1.50 bits per heavy atom. The molecule has 0 saturated carbocycles. The molecule has 0 aromatic rings. The number of rotatable bonds is 5. The smallest absolute Gasteiger partial charge is 0.221 e. The predicted molar refractivity (Wildman–Crippen MR) is 65.8 cm³/mol. The maximum Gasteiger partial charge on any atom is 0.221 e. The van der Waals surface area contributed by atoms with Crippen LogP contribution < -0.4 is 11.5 Å². The molecule has 1 heterocycles. The topological polar surface area (TPSA) is 72.3 Å². The Hall–Kier alpha value is -0.610. The molecule has 4 N–H and O–H groups in total. The van der Waals surface area contributed by atoms with Gasteiger partial charge in [0.1, 0.15) is 0 Å². The Balaban J connectivity index is 2.63. The molecule has 1 saturated heterocycles. The fourth-order valence-electron chi connectivity index (χ4n) is 2.67. The van der Waals surface area contributed by atoms with Gasteiger partial charge >= 0.3 is 0 Å². The second-order valence-electron chi connectivity index (χ2n) is 4.86. The van der Waals surface area contributed by atoms with Gasteiger partial charge in [0.15, 0.2) is 0 Å². The Kier molecular flexibility index (Phi) is 5.22. The molecule has 0 aliphatic carbocycles. The van der Waals surface area contributed by atoms with Crippen molar-refractivity contribution in [3.63, 3.8) is 0 Å². The van der Waals surface area contributed by atoms with Crippen LogP contribution in [0, 0.1) is 5.92 Å². The van der Waals surface area contributed by atoms with E-state index in [0.29, 0.717) is 18.6 Å². The molecule has 1 aliphatic rings. The van der Waals surface area contributed by atoms with Gasteiger partial charge in [0, 0.05) is 18.6 Å². The van der Waals surface area contributed by atoms with Gasteiger partial charge < -0.3 is 11.5 Å². The Morgan fingerprint density at radius 2 is 2.19 bits per heavy atom. The fraction of sp³-hybridized carbons (Fsp3) is 0.917. The second kappa shape index (κ2) is 6.21. The first-order chi connectivity index (χ1) is 7.60. The maximum atomic E-state index is 11.2. The third kappa shape index (κ3) is 3.19. The summed E-state index contributed by atoms with van der Waals surface area (Å²) in [6.07, 6.45) is 4.10. The molecular weight excluding hydrogens is 202 g/mol. The predicted octanol–water partition coefficient (Wildman–Crippen LogP) is 0.700. The number of amides is 1. The first kappa shape index (κ1) is 13.5. The summed E-state index contributed by atoms with van der Waals surface area (Å²) < 4.78 is 0. The van der Waals surface area contributed by atoms with Crippen molar-refractivity contribution in [1.29, 1.82) is 0 Å². The highest BCUT2D eigenvalue weighted by Gasteiger charge is 2.31. The third-order valence-corrected chi connectivity index (χ3v) is 3.77. The molecule has 0 aromatic carbocycles. The van der Waals surface area contributed by atoms with E-state index in [1.807, 2.05) is 0 Å². The summed E-state index contributed by atoms with van der Waals surface area (Å²) in [6, 6.07) is 1.05. The minimum Gasteiger partial charge on any atom is -0.369 e. The van der Waals surface area contributed by atoms with Crippen molar-refractivity contribution in [2.45, 2.75) is 51.6 Å². The molecule has 4 nitrogen and oxygen atoms in total. The van der Waals surface area contributed by atoms with Crippen LogP contribution in [0.25, 0.3) is 0 Å². The van der Waals surface area contributed by atoms with Crippen molar-refractivity contribution in [1.82, 2.24) is 4.90 Å². The fourth-order valence-corrected chi connectivity index (χ4v) is 2.67. The van der Waals surface area contributed by atoms with Crippen LogP contribution in [0.5, 0.6) is 0 Å². The zero-order valence-electron chi connectivity index (χ0n) is 10.5. The van der Waals surface area contributed by atoms with Crippen molar-refractivity contribution in [2.75, 3.05) is 13.1 Å². The number of carbonyl (C=O) groups is 1. The van der Waals surface area contributed by atoms with Gasteiger partial charge in [0.05, 0.1) is 5.92 Å². The van der Waals surface area contributed by atoms with E-state index in [1.165, 1.54) is 0 Å². The van der Waals surface area contributed by atoms with Crippen molar-refractivity contribution in [3.8, 4) is 0 Å². The van der Waals surface area contributed by atoms with Gasteiger partial charge in [-0.05, 0) is 39.2 Å². The molecular formula is C12H25N3O. The van der Waals surface area contributed by atoms with E-state index in [0.717, 1.165) is 32.2 Å². The van der Waals surface area contributed by atoms with E-state index >= 15 is 0 Å². The first-order valence-electron chi connectivity index (χ1n) is 6.35. The number of piperidine rings is 1. The van der Waals surface area contributed by atoms with Crippen LogP contribution >= 0.6 is 0 Å². The lowest BCUT2D eigenvalue weighted by Crippen LogP contribution is -2.50. The highest BCUT2D eigenvalue weighted by atomic mass is 16.1. The van der Waals surface area contributed by atoms with Gasteiger partial charge in [-0.2, -0.15) is 0 Å². The molecule has 1 fully saturated rings. The summed E-state index contributed by atoms with van der Waals surface area (Å²) in [4.78, 5) is 13.7. The van der Waals surface area contributed by atoms with E-state index in [-0.39, 0.29) is 11.8 Å². The molecule has 3 atom stereocenters. The van der Waals surface area contributed by atoms with E-state index in [4.69, 9.17) is 11.5 Å². The second-order valence-corrected chi connectivity index (χ2v) is 4.86. The summed E-state index contributed by atoms with van der Waals surface area (Å²) in [5, 5.41) is 0. The van der Waals surface area contributed by atoms with Crippen molar-refractivity contribution < 1.29 is 4.79 Å². The van der Waals surface area contributed by atoms with Gasteiger partial charge in [0.2, 0.25) is 5.91 Å². The molecule has 0 bridgehead atoms. The quantitative estimate of drug-likeness (QED) is 0.726. The van der Waals surface area contributed by atoms with E-state index < -0.39 is 0 Å². The standard InChI is InChI=1S/C12H25N3O/c1-3-11(6-7-13)15-8-10(12(14)16)5-4-9(15)2/h9-11H,3-8,13H2,1-2H3,(H2,14,16). The summed E-state index contributed by atoms with van der Waals surface area (Å²) in [5.74, 6) is -0.123. The van der Waals surface area contributed by atoms with Crippen LogP contribution in [0.1, 0.15) is 39.5 Å². The summed E-state index contributed by atoms with van der Waals surface area (Å²) >= 11 is 0. The van der Waals surface area contributed by atoms with Crippen LogP contribution in [0.3, 0.4) is 0 Å². The van der Waals surface area contributed by atoms with Crippen LogP contribution in [0.4, 0.5) is 0 Å². The molecule has 3 unspecified atom stereocenters. The zero-order valence-corrected chi connectivity index (χ0v) is 10.5. The van der Waals surface area contributed by atoms with Gasteiger partial charge in [-0.25, -0.2) is 0 Å². The zero-order chi connectivity index (χ0) is 12.1. The monoisotopic (exact) mass is 227 g/mol. The van der Waals surface area contributed by atoms with E-state index in [9.17, 15) is 4.79 Å². The molecule has 1 rings (SSSR count). The van der Waals surface area contributed by atoms with Crippen molar-refractivity contribution in [2.24, 2.45) is 17.4 Å². The minimum atomic E-state index is -0.153. The average Bonchev–Trinajstić information content (AvgIpc) is 2.26. The highest BCUT2D eigenvalue weighted by Crippen LogP contribution is 2.25. The molecule has 0 radical (unpaired) electrons.